The molecule has 0 bridgehead atoms. The van der Waals surface area contributed by atoms with Crippen molar-refractivity contribution in [1.82, 2.24) is 4.90 Å². The Labute approximate surface area is 167 Å². The number of ether oxygens (including phenoxy) is 2. The van der Waals surface area contributed by atoms with E-state index in [0.29, 0.717) is 18.9 Å². The SMILES string of the molecule is COC1=N[C@H](Cc2ccccc2)C(=O)N(Cc2ccc(OC)cc2)[C@H]1C(C)C. The Hall–Kier alpha value is -2.82. The zero-order chi connectivity index (χ0) is 20.1. The summed E-state index contributed by atoms with van der Waals surface area (Å²) in [5.41, 5.74) is 2.14. The summed E-state index contributed by atoms with van der Waals surface area (Å²) in [6.45, 7) is 4.69. The average molecular weight is 380 g/mol. The molecule has 28 heavy (non-hydrogen) atoms. The molecule has 0 radical (unpaired) electrons. The molecular formula is C23H28N2O3. The normalized spacial score (nSPS) is 19.5. The number of methoxy groups -OCH3 is 2. The van der Waals surface area contributed by atoms with Crippen LogP contribution in [0.1, 0.15) is 25.0 Å². The molecule has 0 aromatic heterocycles. The first-order valence-corrected chi connectivity index (χ1v) is 9.62. The maximum Gasteiger partial charge on any atom is 0.248 e. The fourth-order valence-electron chi connectivity index (χ4n) is 3.64. The Morgan fingerprint density at radius 3 is 2.21 bits per heavy atom. The first-order valence-electron chi connectivity index (χ1n) is 9.62. The number of aliphatic imine (C=N–C) groups is 1. The van der Waals surface area contributed by atoms with Gasteiger partial charge in [-0.1, -0.05) is 56.3 Å². The predicted octanol–water partition coefficient (Wildman–Crippen LogP) is 3.72. The summed E-state index contributed by atoms with van der Waals surface area (Å²) >= 11 is 0. The van der Waals surface area contributed by atoms with Crippen LogP contribution >= 0.6 is 0 Å². The molecule has 1 amide bonds. The number of benzene rings is 2. The van der Waals surface area contributed by atoms with Crippen molar-refractivity contribution in [3.05, 3.63) is 65.7 Å². The van der Waals surface area contributed by atoms with Crippen molar-refractivity contribution in [2.45, 2.75) is 38.9 Å². The number of amides is 1. The van der Waals surface area contributed by atoms with Gasteiger partial charge >= 0.3 is 0 Å². The first-order chi connectivity index (χ1) is 13.5. The van der Waals surface area contributed by atoms with Crippen LogP contribution in [0.15, 0.2) is 59.6 Å². The van der Waals surface area contributed by atoms with Crippen LogP contribution in [-0.4, -0.2) is 43.0 Å². The molecule has 0 aliphatic carbocycles. The monoisotopic (exact) mass is 380 g/mol. The van der Waals surface area contributed by atoms with Crippen molar-refractivity contribution >= 4 is 11.8 Å². The molecule has 2 aromatic carbocycles. The molecule has 0 fully saturated rings. The van der Waals surface area contributed by atoms with E-state index in [1.54, 1.807) is 14.2 Å². The Balaban J connectivity index is 1.90. The van der Waals surface area contributed by atoms with E-state index in [1.165, 1.54) is 0 Å². The van der Waals surface area contributed by atoms with Gasteiger partial charge in [0.05, 0.1) is 14.2 Å². The molecule has 5 heteroatoms. The number of carbonyl (C=O) groups is 1. The van der Waals surface area contributed by atoms with Gasteiger partial charge in [-0.2, -0.15) is 0 Å². The van der Waals surface area contributed by atoms with Crippen molar-refractivity contribution in [3.63, 3.8) is 0 Å². The van der Waals surface area contributed by atoms with E-state index in [9.17, 15) is 4.79 Å². The third-order valence-corrected chi connectivity index (χ3v) is 5.06. The second kappa shape index (κ2) is 8.91. The number of carbonyl (C=O) groups excluding carboxylic acids is 1. The summed E-state index contributed by atoms with van der Waals surface area (Å²) in [5, 5.41) is 0. The van der Waals surface area contributed by atoms with E-state index in [0.717, 1.165) is 16.9 Å². The molecule has 148 valence electrons. The molecule has 0 saturated heterocycles. The zero-order valence-corrected chi connectivity index (χ0v) is 17.0. The van der Waals surface area contributed by atoms with Crippen molar-refractivity contribution in [1.29, 1.82) is 0 Å². The van der Waals surface area contributed by atoms with E-state index >= 15 is 0 Å². The zero-order valence-electron chi connectivity index (χ0n) is 17.0. The van der Waals surface area contributed by atoms with Crippen LogP contribution < -0.4 is 4.74 Å². The minimum Gasteiger partial charge on any atom is -0.497 e. The van der Waals surface area contributed by atoms with E-state index < -0.39 is 6.04 Å². The molecule has 5 nitrogen and oxygen atoms in total. The smallest absolute Gasteiger partial charge is 0.248 e. The number of rotatable bonds is 6. The molecule has 0 unspecified atom stereocenters. The molecule has 1 aliphatic rings. The summed E-state index contributed by atoms with van der Waals surface area (Å²) in [5.74, 6) is 1.66. The summed E-state index contributed by atoms with van der Waals surface area (Å²) in [6, 6.07) is 17.2. The van der Waals surface area contributed by atoms with Gasteiger partial charge in [-0.05, 0) is 29.2 Å². The van der Waals surface area contributed by atoms with Gasteiger partial charge in [0.2, 0.25) is 11.8 Å². The summed E-state index contributed by atoms with van der Waals surface area (Å²) < 4.78 is 10.9. The van der Waals surface area contributed by atoms with E-state index in [4.69, 9.17) is 9.47 Å². The lowest BCUT2D eigenvalue weighted by Crippen LogP contribution is -2.55. The van der Waals surface area contributed by atoms with Crippen molar-refractivity contribution < 1.29 is 14.3 Å². The van der Waals surface area contributed by atoms with Crippen LogP contribution in [-0.2, 0) is 22.5 Å². The lowest BCUT2D eigenvalue weighted by Gasteiger charge is -2.39. The lowest BCUT2D eigenvalue weighted by molar-refractivity contribution is -0.136. The quantitative estimate of drug-likeness (QED) is 0.767. The van der Waals surface area contributed by atoms with Gasteiger partial charge in [0.25, 0.3) is 0 Å². The van der Waals surface area contributed by atoms with Crippen LogP contribution in [0, 0.1) is 5.92 Å². The topological polar surface area (TPSA) is 51.1 Å². The molecule has 2 atom stereocenters. The highest BCUT2D eigenvalue weighted by molar-refractivity contribution is 5.95. The molecule has 1 aliphatic heterocycles. The average Bonchev–Trinajstić information content (AvgIpc) is 2.71. The van der Waals surface area contributed by atoms with Gasteiger partial charge in [-0.15, -0.1) is 0 Å². The summed E-state index contributed by atoms with van der Waals surface area (Å²) in [4.78, 5) is 20.0. The lowest BCUT2D eigenvalue weighted by atomic mass is 9.95. The standard InChI is InChI=1S/C23H28N2O3/c1-16(2)21-22(28-4)24-20(14-17-8-6-5-7-9-17)23(26)25(21)15-18-10-12-19(27-3)13-11-18/h5-13,16,20-21H,14-15H2,1-4H3/t20-,21+/m1/s1. The van der Waals surface area contributed by atoms with Crippen LogP contribution in [0.4, 0.5) is 0 Å². The first kappa shape index (κ1) is 19.9. The number of nitrogens with zero attached hydrogens (tertiary/aromatic N) is 2. The summed E-state index contributed by atoms with van der Waals surface area (Å²) in [6.07, 6.45) is 0.566. The summed E-state index contributed by atoms with van der Waals surface area (Å²) in [7, 11) is 3.28. The highest BCUT2D eigenvalue weighted by Crippen LogP contribution is 2.25. The molecule has 0 N–H and O–H groups in total. The molecule has 0 spiro atoms. The maximum atomic E-state index is 13.4. The maximum absolute atomic E-state index is 13.4. The molecular weight excluding hydrogens is 352 g/mol. The Morgan fingerprint density at radius 2 is 1.64 bits per heavy atom. The van der Waals surface area contributed by atoms with E-state index in [1.807, 2.05) is 59.5 Å². The predicted molar refractivity (Wildman–Crippen MR) is 111 cm³/mol. The van der Waals surface area contributed by atoms with Gasteiger partial charge in [0.1, 0.15) is 17.8 Å². The van der Waals surface area contributed by atoms with Crippen molar-refractivity contribution in [2.24, 2.45) is 10.9 Å². The van der Waals surface area contributed by atoms with Crippen molar-refractivity contribution in [3.8, 4) is 5.75 Å². The molecule has 0 saturated carbocycles. The minimum atomic E-state index is -0.467. The van der Waals surface area contributed by atoms with E-state index in [2.05, 4.69) is 18.8 Å². The van der Waals surface area contributed by atoms with Crippen LogP contribution in [0.5, 0.6) is 5.75 Å². The van der Waals surface area contributed by atoms with Gasteiger partial charge < -0.3 is 14.4 Å². The second-order valence-corrected chi connectivity index (χ2v) is 7.38. The Morgan fingerprint density at radius 1 is 0.964 bits per heavy atom. The Kier molecular flexibility index (Phi) is 6.34. The number of hydrogen-bond donors (Lipinski definition) is 0. The molecule has 1 heterocycles. The van der Waals surface area contributed by atoms with E-state index in [-0.39, 0.29) is 17.9 Å². The Bertz CT molecular complexity index is 816. The van der Waals surface area contributed by atoms with Crippen LogP contribution in [0.2, 0.25) is 0 Å². The number of hydrogen-bond acceptors (Lipinski definition) is 4. The third-order valence-electron chi connectivity index (χ3n) is 5.06. The van der Waals surface area contributed by atoms with Gasteiger partial charge in [-0.25, -0.2) is 4.99 Å². The van der Waals surface area contributed by atoms with Gasteiger partial charge in [0, 0.05) is 13.0 Å². The fraction of sp³-hybridized carbons (Fsp3) is 0.391. The van der Waals surface area contributed by atoms with Crippen molar-refractivity contribution in [2.75, 3.05) is 14.2 Å². The van der Waals surface area contributed by atoms with Crippen LogP contribution in [0.25, 0.3) is 0 Å². The second-order valence-electron chi connectivity index (χ2n) is 7.38. The van der Waals surface area contributed by atoms with Gasteiger partial charge in [0.15, 0.2) is 0 Å². The molecule has 2 aromatic rings. The highest BCUT2D eigenvalue weighted by atomic mass is 16.5. The highest BCUT2D eigenvalue weighted by Gasteiger charge is 2.40. The van der Waals surface area contributed by atoms with Crippen LogP contribution in [0.3, 0.4) is 0 Å². The fourth-order valence-corrected chi connectivity index (χ4v) is 3.64. The third kappa shape index (κ3) is 4.35. The minimum absolute atomic E-state index is 0.0409. The van der Waals surface area contributed by atoms with Gasteiger partial charge in [-0.3, -0.25) is 4.79 Å². The largest absolute Gasteiger partial charge is 0.497 e. The molecule has 3 rings (SSSR count).